The number of nitrogens with zero attached hydrogens (tertiary/aromatic N) is 1. The summed E-state index contributed by atoms with van der Waals surface area (Å²) in [5.41, 5.74) is 3.03. The fourth-order valence-electron chi connectivity index (χ4n) is 3.98. The molecule has 3 aromatic carbocycles. The number of amides is 1. The Hall–Kier alpha value is -3.51. The van der Waals surface area contributed by atoms with Crippen molar-refractivity contribution >= 4 is 45.7 Å². The first-order chi connectivity index (χ1) is 15.3. The Balaban J connectivity index is 1.58. The fourth-order valence-corrected chi connectivity index (χ4v) is 4.10. The third-order valence-corrected chi connectivity index (χ3v) is 5.77. The number of benzene rings is 3. The first kappa shape index (κ1) is 20.4. The zero-order chi connectivity index (χ0) is 22.5. The maximum Gasteiger partial charge on any atom is 0.416 e. The highest BCUT2D eigenvalue weighted by Crippen LogP contribution is 2.39. The zero-order valence-corrected chi connectivity index (χ0v) is 17.3. The van der Waals surface area contributed by atoms with Gasteiger partial charge in [-0.2, -0.15) is 13.2 Å². The molecule has 0 atom stereocenters. The van der Waals surface area contributed by atoms with E-state index in [2.05, 4.69) is 9.88 Å². The van der Waals surface area contributed by atoms with Crippen LogP contribution in [0.5, 0.6) is 0 Å². The summed E-state index contributed by atoms with van der Waals surface area (Å²) in [7, 11) is 0. The molecule has 7 heteroatoms. The van der Waals surface area contributed by atoms with Gasteiger partial charge in [-0.15, -0.1) is 0 Å². The highest BCUT2D eigenvalue weighted by Gasteiger charge is 2.33. The molecule has 0 fully saturated rings. The third-order valence-electron chi connectivity index (χ3n) is 5.52. The molecule has 1 amide bonds. The van der Waals surface area contributed by atoms with Gasteiger partial charge in [0.15, 0.2) is 0 Å². The Labute approximate surface area is 186 Å². The van der Waals surface area contributed by atoms with Crippen molar-refractivity contribution in [1.82, 2.24) is 4.57 Å². The molecule has 0 unspecified atom stereocenters. The minimum Gasteiger partial charge on any atom is -0.342 e. The predicted molar refractivity (Wildman–Crippen MR) is 120 cm³/mol. The van der Waals surface area contributed by atoms with Crippen LogP contribution in [0.15, 0.2) is 72.9 Å². The first-order valence-corrected chi connectivity index (χ1v) is 10.2. The highest BCUT2D eigenvalue weighted by atomic mass is 35.5. The van der Waals surface area contributed by atoms with Gasteiger partial charge < -0.3 is 9.88 Å². The van der Waals surface area contributed by atoms with Gasteiger partial charge in [0.2, 0.25) is 0 Å². The normalized spacial score (nSPS) is 14.8. The molecule has 0 spiro atoms. The summed E-state index contributed by atoms with van der Waals surface area (Å²) < 4.78 is 41.2. The molecule has 4 aromatic rings. The second kappa shape index (κ2) is 7.57. The minimum atomic E-state index is -4.47. The lowest BCUT2D eigenvalue weighted by Gasteiger charge is -2.08. The van der Waals surface area contributed by atoms with E-state index < -0.39 is 17.6 Å². The second-order valence-corrected chi connectivity index (χ2v) is 8.06. The number of nitrogens with one attached hydrogen (secondary N) is 1. The Morgan fingerprint density at radius 2 is 1.75 bits per heavy atom. The van der Waals surface area contributed by atoms with E-state index >= 15 is 0 Å². The number of para-hydroxylation sites is 1. The number of aromatic nitrogens is 1. The highest BCUT2D eigenvalue weighted by molar-refractivity contribution is 6.35. The average Bonchev–Trinajstić information content (AvgIpc) is 3.26. The van der Waals surface area contributed by atoms with Crippen LogP contribution in [0.25, 0.3) is 22.6 Å². The van der Waals surface area contributed by atoms with E-state index in [1.54, 1.807) is 6.08 Å². The van der Waals surface area contributed by atoms with Crippen LogP contribution in [0.2, 0.25) is 5.02 Å². The number of hydrogen-bond acceptors (Lipinski definition) is 1. The summed E-state index contributed by atoms with van der Waals surface area (Å²) in [6.45, 7) is 0.610. The zero-order valence-electron chi connectivity index (χ0n) is 16.6. The van der Waals surface area contributed by atoms with Crippen molar-refractivity contribution in [3.8, 4) is 0 Å². The summed E-state index contributed by atoms with van der Waals surface area (Å²) >= 11 is 5.98. The Morgan fingerprint density at radius 3 is 2.50 bits per heavy atom. The van der Waals surface area contributed by atoms with Crippen LogP contribution >= 0.6 is 11.6 Å². The van der Waals surface area contributed by atoms with E-state index in [-0.39, 0.29) is 5.69 Å². The van der Waals surface area contributed by atoms with Crippen molar-refractivity contribution in [3.63, 3.8) is 0 Å². The topological polar surface area (TPSA) is 34.0 Å². The molecule has 0 saturated carbocycles. The smallest absolute Gasteiger partial charge is 0.342 e. The third kappa shape index (κ3) is 3.67. The molecule has 0 aliphatic carbocycles. The fraction of sp³-hybridized carbons (Fsp3) is 0.0800. The van der Waals surface area contributed by atoms with Gasteiger partial charge in [0.25, 0.3) is 5.91 Å². The van der Waals surface area contributed by atoms with Gasteiger partial charge in [-0.05, 0) is 42.0 Å². The maximum atomic E-state index is 13.0. The minimum absolute atomic E-state index is 0.168. The van der Waals surface area contributed by atoms with Crippen molar-refractivity contribution in [1.29, 1.82) is 0 Å². The molecule has 0 saturated heterocycles. The summed E-state index contributed by atoms with van der Waals surface area (Å²) in [4.78, 5) is 12.6. The lowest BCUT2D eigenvalue weighted by Crippen LogP contribution is -2.06. The molecular formula is C25H16ClF3N2O. The molecule has 1 aliphatic heterocycles. The maximum absolute atomic E-state index is 13.0. The Kier molecular flexibility index (Phi) is 4.82. The molecule has 5 rings (SSSR count). The van der Waals surface area contributed by atoms with E-state index in [0.29, 0.717) is 22.7 Å². The van der Waals surface area contributed by atoms with Crippen molar-refractivity contribution < 1.29 is 18.0 Å². The van der Waals surface area contributed by atoms with Gasteiger partial charge in [0, 0.05) is 51.1 Å². The molecular weight excluding hydrogens is 437 g/mol. The van der Waals surface area contributed by atoms with E-state index in [9.17, 15) is 18.0 Å². The van der Waals surface area contributed by atoms with Gasteiger partial charge in [-0.1, -0.05) is 48.0 Å². The molecule has 32 heavy (non-hydrogen) atoms. The van der Waals surface area contributed by atoms with E-state index in [1.807, 2.05) is 54.7 Å². The SMILES string of the molecule is O=C1Nc2cc(C(F)(F)F)ccc2/C1=C\c1cn(Cc2ccc(Cl)cc2)c2ccccc12. The van der Waals surface area contributed by atoms with E-state index in [1.165, 1.54) is 6.07 Å². The van der Waals surface area contributed by atoms with Gasteiger partial charge in [0.05, 0.1) is 5.56 Å². The summed E-state index contributed by atoms with van der Waals surface area (Å²) in [5.74, 6) is -0.422. The molecule has 1 aliphatic rings. The molecule has 3 nitrogen and oxygen atoms in total. The van der Waals surface area contributed by atoms with Crippen LogP contribution in [0, 0.1) is 0 Å². The molecule has 1 aromatic heterocycles. The van der Waals surface area contributed by atoms with E-state index in [4.69, 9.17) is 11.6 Å². The van der Waals surface area contributed by atoms with Crippen molar-refractivity contribution in [2.75, 3.05) is 5.32 Å². The number of rotatable bonds is 3. The first-order valence-electron chi connectivity index (χ1n) is 9.86. The number of carbonyl (C=O) groups excluding carboxylic acids is 1. The summed E-state index contributed by atoms with van der Waals surface area (Å²) in [6, 6.07) is 18.7. The molecule has 1 N–H and O–H groups in total. The number of carbonyl (C=O) groups is 1. The number of fused-ring (bicyclic) bond motifs is 2. The number of alkyl halides is 3. The summed E-state index contributed by atoms with van der Waals surface area (Å²) in [6.07, 6.45) is -0.794. The van der Waals surface area contributed by atoms with E-state index in [0.717, 1.165) is 34.2 Å². The Bertz CT molecular complexity index is 1380. The average molecular weight is 453 g/mol. The van der Waals surface area contributed by atoms with Crippen LogP contribution in [0.3, 0.4) is 0 Å². The molecule has 0 radical (unpaired) electrons. The van der Waals surface area contributed by atoms with Crippen molar-refractivity contribution in [3.05, 3.63) is 100 Å². The van der Waals surface area contributed by atoms with Crippen LogP contribution in [0.4, 0.5) is 18.9 Å². The molecule has 0 bridgehead atoms. The van der Waals surface area contributed by atoms with Crippen LogP contribution in [-0.4, -0.2) is 10.5 Å². The molecule has 160 valence electrons. The Morgan fingerprint density at radius 1 is 1.00 bits per heavy atom. The second-order valence-electron chi connectivity index (χ2n) is 7.63. The van der Waals surface area contributed by atoms with Gasteiger partial charge >= 0.3 is 6.18 Å². The van der Waals surface area contributed by atoms with Crippen LogP contribution < -0.4 is 5.32 Å². The summed E-state index contributed by atoms with van der Waals surface area (Å²) in [5, 5.41) is 4.16. The number of anilines is 1. The van der Waals surface area contributed by atoms with Gasteiger partial charge in [-0.3, -0.25) is 4.79 Å². The standard InChI is InChI=1S/C25H16ClF3N2O/c26-18-8-5-15(6-9-18)13-31-14-16(19-3-1-2-4-23(19)31)11-21-20-10-7-17(25(27,28)29)12-22(20)30-24(21)32/h1-12,14H,13H2,(H,30,32)/b21-11+. The number of hydrogen-bond donors (Lipinski definition) is 1. The predicted octanol–water partition coefficient (Wildman–Crippen LogP) is 6.85. The monoisotopic (exact) mass is 452 g/mol. The van der Waals surface area contributed by atoms with Gasteiger partial charge in [0.1, 0.15) is 0 Å². The van der Waals surface area contributed by atoms with Crippen molar-refractivity contribution in [2.24, 2.45) is 0 Å². The lowest BCUT2D eigenvalue weighted by atomic mass is 10.0. The van der Waals surface area contributed by atoms with Crippen LogP contribution in [-0.2, 0) is 17.5 Å². The number of halogens is 4. The lowest BCUT2D eigenvalue weighted by molar-refractivity contribution is -0.137. The largest absolute Gasteiger partial charge is 0.416 e. The van der Waals surface area contributed by atoms with Gasteiger partial charge in [-0.25, -0.2) is 0 Å². The van der Waals surface area contributed by atoms with Crippen molar-refractivity contribution in [2.45, 2.75) is 12.7 Å². The van der Waals surface area contributed by atoms with Crippen LogP contribution in [0.1, 0.15) is 22.3 Å². The quantitative estimate of drug-likeness (QED) is 0.339. The molecule has 2 heterocycles.